The van der Waals surface area contributed by atoms with Crippen molar-refractivity contribution >= 4 is 11.6 Å². The lowest BCUT2D eigenvalue weighted by molar-refractivity contribution is -0.123. The summed E-state index contributed by atoms with van der Waals surface area (Å²) >= 11 is 0. The Balaban J connectivity index is 1.64. The third kappa shape index (κ3) is 6.41. The highest BCUT2D eigenvalue weighted by molar-refractivity contribution is 5.78. The highest BCUT2D eigenvalue weighted by atomic mass is 19.3. The maximum absolute atomic E-state index is 12.1. The van der Waals surface area contributed by atoms with Gasteiger partial charge in [0.25, 0.3) is 6.43 Å². The number of halogens is 2. The first-order chi connectivity index (χ1) is 11.6. The molecule has 2 rings (SSSR count). The number of rotatable bonds is 8. The number of anilines is 1. The van der Waals surface area contributed by atoms with Crippen molar-refractivity contribution in [2.45, 2.75) is 31.9 Å². The largest absolute Gasteiger partial charge is 0.388 e. The van der Waals surface area contributed by atoms with Gasteiger partial charge in [0.2, 0.25) is 5.91 Å². The first kappa shape index (κ1) is 18.6. The van der Waals surface area contributed by atoms with E-state index in [-0.39, 0.29) is 12.0 Å². The maximum Gasteiger partial charge on any atom is 0.261 e. The Bertz CT molecular complexity index is 503. The lowest BCUT2D eigenvalue weighted by Crippen LogP contribution is -2.43. The Morgan fingerprint density at radius 3 is 2.54 bits per heavy atom. The second-order valence-electron chi connectivity index (χ2n) is 5.92. The number of carbonyl (C=O) groups excluding carboxylic acids is 1. The summed E-state index contributed by atoms with van der Waals surface area (Å²) in [6.45, 7) is 1.71. The van der Waals surface area contributed by atoms with E-state index in [2.05, 4.69) is 10.6 Å². The fraction of sp³-hybridized carbons (Fsp3) is 0.588. The van der Waals surface area contributed by atoms with E-state index in [0.717, 1.165) is 11.3 Å². The summed E-state index contributed by atoms with van der Waals surface area (Å²) in [6.07, 6.45) is -1.17. The molecule has 1 heterocycles. The summed E-state index contributed by atoms with van der Waals surface area (Å²) in [5, 5.41) is 5.95. The van der Waals surface area contributed by atoms with Crippen LogP contribution in [0.2, 0.25) is 0 Å². The number of nitrogens with zero attached hydrogens (tertiary/aromatic N) is 1. The summed E-state index contributed by atoms with van der Waals surface area (Å²) in [4.78, 5) is 14.0. The summed E-state index contributed by atoms with van der Waals surface area (Å²) in [5.41, 5.74) is 2.07. The SMILES string of the molecule is CNc1ccc(CNC(=O)CN2CCC(OCC(F)F)CC2)cc1. The summed E-state index contributed by atoms with van der Waals surface area (Å²) in [7, 11) is 1.86. The molecule has 1 fully saturated rings. The molecular weight excluding hydrogens is 316 g/mol. The normalized spacial score (nSPS) is 16.3. The average molecular weight is 341 g/mol. The molecule has 134 valence electrons. The zero-order valence-corrected chi connectivity index (χ0v) is 13.9. The van der Waals surface area contributed by atoms with Crippen LogP contribution in [0, 0.1) is 0 Å². The van der Waals surface area contributed by atoms with Crippen LogP contribution in [0.15, 0.2) is 24.3 Å². The standard InChI is InChI=1S/C17H25F2N3O2/c1-20-14-4-2-13(3-5-14)10-21-17(23)11-22-8-6-15(7-9-22)24-12-16(18)19/h2-5,15-16,20H,6-12H2,1H3,(H,21,23). The zero-order valence-electron chi connectivity index (χ0n) is 13.9. The molecule has 0 aromatic heterocycles. The molecule has 1 saturated heterocycles. The number of piperidine rings is 1. The van der Waals surface area contributed by atoms with Crippen LogP contribution in [0.25, 0.3) is 0 Å². The Hall–Kier alpha value is -1.73. The van der Waals surface area contributed by atoms with Gasteiger partial charge in [0.1, 0.15) is 6.61 Å². The molecule has 0 unspecified atom stereocenters. The highest BCUT2D eigenvalue weighted by Crippen LogP contribution is 2.14. The van der Waals surface area contributed by atoms with Gasteiger partial charge in [-0.3, -0.25) is 9.69 Å². The molecule has 1 aromatic rings. The predicted octanol–water partition coefficient (Wildman–Crippen LogP) is 2.09. The lowest BCUT2D eigenvalue weighted by atomic mass is 10.1. The van der Waals surface area contributed by atoms with Crippen LogP contribution in [0.3, 0.4) is 0 Å². The Kier molecular flexibility index (Phi) is 7.39. The fourth-order valence-corrected chi connectivity index (χ4v) is 2.69. The minimum atomic E-state index is -2.42. The molecule has 1 aromatic carbocycles. The van der Waals surface area contributed by atoms with Crippen LogP contribution in [0.4, 0.5) is 14.5 Å². The van der Waals surface area contributed by atoms with Crippen molar-refractivity contribution in [3.05, 3.63) is 29.8 Å². The van der Waals surface area contributed by atoms with E-state index in [9.17, 15) is 13.6 Å². The van der Waals surface area contributed by atoms with Crippen molar-refractivity contribution in [2.75, 3.05) is 38.6 Å². The number of carbonyl (C=O) groups is 1. The van der Waals surface area contributed by atoms with Crippen molar-refractivity contribution < 1.29 is 18.3 Å². The number of hydrogen-bond acceptors (Lipinski definition) is 4. The molecule has 0 atom stereocenters. The van der Waals surface area contributed by atoms with Gasteiger partial charge in [0, 0.05) is 32.4 Å². The second kappa shape index (κ2) is 9.54. The van der Waals surface area contributed by atoms with E-state index in [1.54, 1.807) is 0 Å². The second-order valence-corrected chi connectivity index (χ2v) is 5.92. The van der Waals surface area contributed by atoms with E-state index in [1.165, 1.54) is 0 Å². The molecule has 0 saturated carbocycles. The average Bonchev–Trinajstić information content (AvgIpc) is 2.60. The summed E-state index contributed by atoms with van der Waals surface area (Å²) in [5.74, 6) is -0.0281. The predicted molar refractivity (Wildman–Crippen MR) is 89.3 cm³/mol. The van der Waals surface area contributed by atoms with Gasteiger partial charge in [0.05, 0.1) is 12.6 Å². The first-order valence-corrected chi connectivity index (χ1v) is 8.22. The minimum Gasteiger partial charge on any atom is -0.388 e. The van der Waals surface area contributed by atoms with Gasteiger partial charge in [-0.05, 0) is 30.5 Å². The summed E-state index contributed by atoms with van der Waals surface area (Å²) in [6, 6.07) is 7.87. The molecule has 0 radical (unpaired) electrons. The zero-order chi connectivity index (χ0) is 17.4. The van der Waals surface area contributed by atoms with Gasteiger partial charge >= 0.3 is 0 Å². The number of ether oxygens (including phenoxy) is 1. The van der Waals surface area contributed by atoms with E-state index in [4.69, 9.17) is 4.74 Å². The van der Waals surface area contributed by atoms with Crippen LogP contribution in [-0.2, 0) is 16.1 Å². The molecule has 0 aliphatic carbocycles. The molecule has 2 N–H and O–H groups in total. The maximum atomic E-state index is 12.1. The van der Waals surface area contributed by atoms with Crippen LogP contribution >= 0.6 is 0 Å². The number of amides is 1. The Labute approximate surface area is 141 Å². The van der Waals surface area contributed by atoms with Crippen molar-refractivity contribution in [3.63, 3.8) is 0 Å². The topological polar surface area (TPSA) is 53.6 Å². The number of likely N-dealkylation sites (tertiary alicyclic amines) is 1. The van der Waals surface area contributed by atoms with E-state index in [1.807, 2.05) is 36.2 Å². The monoisotopic (exact) mass is 341 g/mol. The van der Waals surface area contributed by atoms with Crippen molar-refractivity contribution in [2.24, 2.45) is 0 Å². The number of benzene rings is 1. The van der Waals surface area contributed by atoms with E-state index in [0.29, 0.717) is 39.0 Å². The van der Waals surface area contributed by atoms with Crippen molar-refractivity contribution in [1.82, 2.24) is 10.2 Å². The summed E-state index contributed by atoms with van der Waals surface area (Å²) < 4.78 is 29.4. The molecule has 0 spiro atoms. The van der Waals surface area contributed by atoms with Crippen LogP contribution in [0.1, 0.15) is 18.4 Å². The lowest BCUT2D eigenvalue weighted by Gasteiger charge is -2.31. The Morgan fingerprint density at radius 1 is 1.29 bits per heavy atom. The van der Waals surface area contributed by atoms with Crippen molar-refractivity contribution in [1.29, 1.82) is 0 Å². The molecule has 1 amide bonds. The molecule has 0 bridgehead atoms. The third-order valence-corrected chi connectivity index (χ3v) is 4.09. The van der Waals surface area contributed by atoms with Gasteiger partial charge in [-0.1, -0.05) is 12.1 Å². The van der Waals surface area contributed by atoms with E-state index < -0.39 is 13.0 Å². The Morgan fingerprint density at radius 2 is 1.96 bits per heavy atom. The molecule has 7 heteroatoms. The molecule has 1 aliphatic rings. The first-order valence-electron chi connectivity index (χ1n) is 8.22. The van der Waals surface area contributed by atoms with Gasteiger partial charge in [-0.2, -0.15) is 0 Å². The molecular formula is C17H25F2N3O2. The van der Waals surface area contributed by atoms with Crippen LogP contribution in [0.5, 0.6) is 0 Å². The van der Waals surface area contributed by atoms with Gasteiger partial charge in [-0.15, -0.1) is 0 Å². The van der Waals surface area contributed by atoms with Gasteiger partial charge in [-0.25, -0.2) is 8.78 Å². The molecule has 1 aliphatic heterocycles. The van der Waals surface area contributed by atoms with Gasteiger partial charge < -0.3 is 15.4 Å². The number of alkyl halides is 2. The van der Waals surface area contributed by atoms with Gasteiger partial charge in [0.15, 0.2) is 0 Å². The van der Waals surface area contributed by atoms with E-state index >= 15 is 0 Å². The minimum absolute atomic E-state index is 0.0281. The molecule has 5 nitrogen and oxygen atoms in total. The van der Waals surface area contributed by atoms with Crippen LogP contribution in [-0.4, -0.2) is 56.6 Å². The number of hydrogen-bond donors (Lipinski definition) is 2. The third-order valence-electron chi connectivity index (χ3n) is 4.09. The van der Waals surface area contributed by atoms with Crippen LogP contribution < -0.4 is 10.6 Å². The quantitative estimate of drug-likeness (QED) is 0.760. The fourth-order valence-electron chi connectivity index (χ4n) is 2.69. The highest BCUT2D eigenvalue weighted by Gasteiger charge is 2.22. The molecule has 24 heavy (non-hydrogen) atoms. The smallest absolute Gasteiger partial charge is 0.261 e. The van der Waals surface area contributed by atoms with Crippen molar-refractivity contribution in [3.8, 4) is 0 Å². The number of nitrogens with one attached hydrogen (secondary N) is 2.